The summed E-state index contributed by atoms with van der Waals surface area (Å²) in [5.41, 5.74) is 6.20. The van der Waals surface area contributed by atoms with Crippen LogP contribution in [0.4, 0.5) is 0 Å². The Kier molecular flexibility index (Phi) is 3.20. The topological polar surface area (TPSA) is 80.9 Å². The lowest BCUT2D eigenvalue weighted by molar-refractivity contribution is 0.0985. The normalized spacial score (nSPS) is 10.4. The lowest BCUT2D eigenvalue weighted by Gasteiger charge is -2.07. The highest BCUT2D eigenvalue weighted by molar-refractivity contribution is 5.99. The quantitative estimate of drug-likeness (QED) is 0.760. The van der Waals surface area contributed by atoms with Gasteiger partial charge in [-0.25, -0.2) is 4.79 Å². The second-order valence-corrected chi connectivity index (χ2v) is 3.61. The smallest absolute Gasteiger partial charge is 0.330 e. The molecular weight excluding hydrogens is 218 g/mol. The maximum Gasteiger partial charge on any atom is 0.330 e. The molecule has 0 radical (unpaired) electrons. The second kappa shape index (κ2) is 4.80. The van der Waals surface area contributed by atoms with Crippen LogP contribution < -0.4 is 11.4 Å². The zero-order valence-electron chi connectivity index (χ0n) is 9.22. The number of carbonyl (C=O) groups is 1. The fraction of sp³-hybridized carbons (Fsp3) is 0.167. The van der Waals surface area contributed by atoms with Crippen LogP contribution in [-0.4, -0.2) is 21.9 Å². The Hall–Kier alpha value is -2.14. The first-order valence-corrected chi connectivity index (χ1v) is 5.32. The van der Waals surface area contributed by atoms with E-state index in [1.54, 1.807) is 30.5 Å². The Morgan fingerprint density at radius 3 is 2.76 bits per heavy atom. The largest absolute Gasteiger partial charge is 0.330 e. The third-order valence-electron chi connectivity index (χ3n) is 2.48. The van der Waals surface area contributed by atoms with Crippen molar-refractivity contribution in [3.63, 3.8) is 0 Å². The Labute approximate surface area is 97.9 Å². The van der Waals surface area contributed by atoms with Crippen molar-refractivity contribution in [3.05, 3.63) is 52.7 Å². The van der Waals surface area contributed by atoms with E-state index in [9.17, 15) is 9.59 Å². The Morgan fingerprint density at radius 2 is 2.12 bits per heavy atom. The van der Waals surface area contributed by atoms with Crippen LogP contribution in [0.25, 0.3) is 5.69 Å². The molecule has 0 atom stereocenters. The third kappa shape index (κ3) is 2.19. The molecule has 1 aromatic carbocycles. The molecule has 0 amide bonds. The number of nitrogens with one attached hydrogen (secondary N) is 1. The number of imidazole rings is 1. The summed E-state index contributed by atoms with van der Waals surface area (Å²) in [7, 11) is 0. The van der Waals surface area contributed by atoms with Crippen LogP contribution >= 0.6 is 0 Å². The zero-order chi connectivity index (χ0) is 12.3. The van der Waals surface area contributed by atoms with Crippen LogP contribution in [0.1, 0.15) is 16.8 Å². The van der Waals surface area contributed by atoms with Crippen molar-refractivity contribution in [1.82, 2.24) is 9.55 Å². The van der Waals surface area contributed by atoms with Gasteiger partial charge in [-0.05, 0) is 18.7 Å². The Bertz CT molecular complexity index is 583. The van der Waals surface area contributed by atoms with Gasteiger partial charge in [0.2, 0.25) is 0 Å². The number of nitrogens with zero attached hydrogens (tertiary/aromatic N) is 1. The van der Waals surface area contributed by atoms with Gasteiger partial charge in [0, 0.05) is 24.4 Å². The molecule has 0 spiro atoms. The van der Waals surface area contributed by atoms with Crippen molar-refractivity contribution in [2.75, 3.05) is 6.54 Å². The number of nitrogens with two attached hydrogens (primary N) is 1. The summed E-state index contributed by atoms with van der Waals surface area (Å²) in [6, 6.07) is 6.99. The minimum Gasteiger partial charge on any atom is -0.330 e. The monoisotopic (exact) mass is 231 g/mol. The van der Waals surface area contributed by atoms with E-state index in [1.165, 1.54) is 10.8 Å². The van der Waals surface area contributed by atoms with Gasteiger partial charge in [-0.2, -0.15) is 0 Å². The maximum atomic E-state index is 11.9. The molecule has 0 saturated heterocycles. The van der Waals surface area contributed by atoms with E-state index < -0.39 is 0 Å². The van der Waals surface area contributed by atoms with E-state index in [0.717, 1.165) is 0 Å². The van der Waals surface area contributed by atoms with Gasteiger partial charge in [-0.3, -0.25) is 9.36 Å². The van der Waals surface area contributed by atoms with Crippen LogP contribution in [0.2, 0.25) is 0 Å². The van der Waals surface area contributed by atoms with Gasteiger partial charge >= 0.3 is 5.69 Å². The number of benzene rings is 1. The molecule has 2 aromatic rings. The first kappa shape index (κ1) is 11.3. The van der Waals surface area contributed by atoms with Crippen LogP contribution in [0.15, 0.2) is 41.5 Å². The molecule has 0 aliphatic rings. The van der Waals surface area contributed by atoms with Crippen molar-refractivity contribution in [2.24, 2.45) is 5.73 Å². The SMILES string of the molecule is NCCC(=O)c1ccccc1-n1cc[nH]c1=O. The fourth-order valence-electron chi connectivity index (χ4n) is 1.70. The number of aromatic nitrogens is 2. The lowest BCUT2D eigenvalue weighted by Crippen LogP contribution is -2.18. The van der Waals surface area contributed by atoms with E-state index in [4.69, 9.17) is 5.73 Å². The number of H-pyrrole nitrogens is 1. The van der Waals surface area contributed by atoms with E-state index in [-0.39, 0.29) is 17.9 Å². The average molecular weight is 231 g/mol. The van der Waals surface area contributed by atoms with Gasteiger partial charge in [0.25, 0.3) is 0 Å². The zero-order valence-corrected chi connectivity index (χ0v) is 9.22. The van der Waals surface area contributed by atoms with Crippen molar-refractivity contribution in [3.8, 4) is 5.69 Å². The summed E-state index contributed by atoms with van der Waals surface area (Å²) in [5.74, 6) is -0.0591. The van der Waals surface area contributed by atoms with E-state index in [2.05, 4.69) is 4.98 Å². The molecule has 0 saturated carbocycles. The summed E-state index contributed by atoms with van der Waals surface area (Å²) in [6.45, 7) is 0.301. The molecule has 5 heteroatoms. The predicted octanol–water partition coefficient (Wildman–Crippen LogP) is 0.697. The van der Waals surface area contributed by atoms with E-state index >= 15 is 0 Å². The molecule has 0 bridgehead atoms. The molecule has 0 aliphatic carbocycles. The second-order valence-electron chi connectivity index (χ2n) is 3.61. The molecule has 88 valence electrons. The van der Waals surface area contributed by atoms with Gasteiger partial charge in [0.15, 0.2) is 5.78 Å². The molecule has 2 rings (SSSR count). The summed E-state index contributed by atoms with van der Waals surface area (Å²) in [5, 5.41) is 0. The highest BCUT2D eigenvalue weighted by Crippen LogP contribution is 2.14. The molecule has 0 unspecified atom stereocenters. The summed E-state index contributed by atoms with van der Waals surface area (Å²) >= 11 is 0. The summed E-state index contributed by atoms with van der Waals surface area (Å²) in [6.07, 6.45) is 3.40. The number of Topliss-reactive ketones (excluding diaryl/α,β-unsaturated/α-hetero) is 1. The molecule has 3 N–H and O–H groups in total. The van der Waals surface area contributed by atoms with Crippen LogP contribution in [0, 0.1) is 0 Å². The Morgan fingerprint density at radius 1 is 1.35 bits per heavy atom. The van der Waals surface area contributed by atoms with Crippen molar-refractivity contribution in [2.45, 2.75) is 6.42 Å². The molecule has 0 aliphatic heterocycles. The fourth-order valence-corrected chi connectivity index (χ4v) is 1.70. The minimum absolute atomic E-state index is 0.0591. The molecule has 1 aromatic heterocycles. The number of hydrogen-bond donors (Lipinski definition) is 2. The number of hydrogen-bond acceptors (Lipinski definition) is 3. The molecule has 17 heavy (non-hydrogen) atoms. The number of carbonyl (C=O) groups excluding carboxylic acids is 1. The first-order valence-electron chi connectivity index (χ1n) is 5.32. The van der Waals surface area contributed by atoms with Gasteiger partial charge in [-0.1, -0.05) is 12.1 Å². The van der Waals surface area contributed by atoms with Crippen molar-refractivity contribution >= 4 is 5.78 Å². The minimum atomic E-state index is -0.266. The van der Waals surface area contributed by atoms with Crippen molar-refractivity contribution in [1.29, 1.82) is 0 Å². The van der Waals surface area contributed by atoms with Crippen LogP contribution in [0.5, 0.6) is 0 Å². The summed E-state index contributed by atoms with van der Waals surface area (Å²) in [4.78, 5) is 25.9. The average Bonchev–Trinajstić information content (AvgIpc) is 2.76. The van der Waals surface area contributed by atoms with E-state index in [1.807, 2.05) is 0 Å². The lowest BCUT2D eigenvalue weighted by atomic mass is 10.1. The number of rotatable bonds is 4. The molecular formula is C12H13N3O2. The van der Waals surface area contributed by atoms with Crippen LogP contribution in [0.3, 0.4) is 0 Å². The van der Waals surface area contributed by atoms with Gasteiger partial charge < -0.3 is 10.7 Å². The standard InChI is InChI=1S/C12H13N3O2/c13-6-5-11(16)9-3-1-2-4-10(9)15-8-7-14-12(15)17/h1-4,7-8H,5-6,13H2,(H,14,17). The first-order chi connectivity index (χ1) is 8.24. The highest BCUT2D eigenvalue weighted by atomic mass is 16.1. The highest BCUT2D eigenvalue weighted by Gasteiger charge is 2.12. The number of para-hydroxylation sites is 1. The predicted molar refractivity (Wildman–Crippen MR) is 64.4 cm³/mol. The molecule has 5 nitrogen and oxygen atoms in total. The van der Waals surface area contributed by atoms with Gasteiger partial charge in [-0.15, -0.1) is 0 Å². The molecule has 0 fully saturated rings. The number of ketones is 1. The number of aromatic amines is 1. The Balaban J connectivity index is 2.52. The van der Waals surface area contributed by atoms with Gasteiger partial charge in [0.05, 0.1) is 5.69 Å². The van der Waals surface area contributed by atoms with E-state index in [0.29, 0.717) is 17.8 Å². The third-order valence-corrected chi connectivity index (χ3v) is 2.48. The van der Waals surface area contributed by atoms with Gasteiger partial charge in [0.1, 0.15) is 0 Å². The van der Waals surface area contributed by atoms with Crippen LogP contribution in [-0.2, 0) is 0 Å². The maximum absolute atomic E-state index is 11.9. The van der Waals surface area contributed by atoms with Crippen molar-refractivity contribution < 1.29 is 4.79 Å². The summed E-state index contributed by atoms with van der Waals surface area (Å²) < 4.78 is 1.41. The molecule has 1 heterocycles.